The Morgan fingerprint density at radius 3 is 2.15 bits per heavy atom. The molecule has 0 saturated heterocycles. The Labute approximate surface area is 148 Å². The summed E-state index contributed by atoms with van der Waals surface area (Å²) in [7, 11) is 1.81. The molecule has 1 rings (SSSR count). The van der Waals surface area contributed by atoms with Crippen molar-refractivity contribution in [3.63, 3.8) is 0 Å². The molecule has 0 aromatic heterocycles. The zero-order valence-corrected chi connectivity index (χ0v) is 15.2. The minimum absolute atomic E-state index is 0.0970. The van der Waals surface area contributed by atoms with Gasteiger partial charge in [-0.25, -0.2) is 4.99 Å². The normalized spacial score (nSPS) is 13.3. The van der Waals surface area contributed by atoms with E-state index in [1.807, 2.05) is 18.9 Å². The van der Waals surface area contributed by atoms with Gasteiger partial charge in [0.05, 0.1) is 12.0 Å². The highest BCUT2D eigenvalue weighted by Crippen LogP contribution is 2.45. The van der Waals surface area contributed by atoms with Gasteiger partial charge in [-0.1, -0.05) is 0 Å². The highest BCUT2D eigenvalue weighted by molar-refractivity contribution is 5.64. The fourth-order valence-corrected chi connectivity index (χ4v) is 1.89. The van der Waals surface area contributed by atoms with Crippen LogP contribution in [-0.2, 0) is 0 Å². The second kappa shape index (κ2) is 7.75. The van der Waals surface area contributed by atoms with Crippen molar-refractivity contribution in [3.05, 3.63) is 23.3 Å². The lowest BCUT2D eigenvalue weighted by Gasteiger charge is -2.30. The van der Waals surface area contributed by atoms with Crippen molar-refractivity contribution in [1.29, 1.82) is 0 Å². The van der Waals surface area contributed by atoms with Gasteiger partial charge in [0.1, 0.15) is 5.75 Å². The third kappa shape index (κ3) is 4.82. The number of aliphatic imine (C=N–C) groups is 1. The quantitative estimate of drug-likeness (QED) is 0.349. The summed E-state index contributed by atoms with van der Waals surface area (Å²) in [5, 5.41) is 0. The molecule has 0 radical (unpaired) electrons. The van der Waals surface area contributed by atoms with Crippen molar-refractivity contribution in [3.8, 4) is 5.75 Å². The van der Waals surface area contributed by atoms with Crippen molar-refractivity contribution in [2.24, 2.45) is 4.99 Å². The summed E-state index contributed by atoms with van der Waals surface area (Å²) in [5.41, 5.74) is 1.47. The number of hydrogen-bond acceptors (Lipinski definition) is 2. The molecule has 3 nitrogen and oxygen atoms in total. The smallest absolute Gasteiger partial charge is 0.375 e. The van der Waals surface area contributed by atoms with Crippen LogP contribution in [0.5, 0.6) is 5.75 Å². The van der Waals surface area contributed by atoms with Crippen molar-refractivity contribution in [2.75, 3.05) is 20.2 Å². The van der Waals surface area contributed by atoms with Crippen molar-refractivity contribution >= 4 is 12.0 Å². The Hall–Kier alpha value is -1.93. The van der Waals surface area contributed by atoms with E-state index >= 15 is 0 Å². The molecule has 1 aromatic carbocycles. The monoisotopic (exact) mass is 384 g/mol. The minimum atomic E-state index is -5.53. The Kier molecular flexibility index (Phi) is 6.59. The van der Waals surface area contributed by atoms with Gasteiger partial charge in [-0.2, -0.15) is 26.3 Å². The lowest BCUT2D eigenvalue weighted by Crippen LogP contribution is -2.55. The van der Waals surface area contributed by atoms with Crippen molar-refractivity contribution < 1.29 is 31.1 Å². The van der Waals surface area contributed by atoms with Crippen LogP contribution in [-0.4, -0.2) is 49.2 Å². The Balaban J connectivity index is 2.99. The standard InChI is InChI=1S/C17H22F6N2O/c1-6-25(5)10-24-13-7-12(3)14(8-11(13)2)26-9-16(20,21)17(22,23)15(4,18)19/h7-8,10H,6,9H2,1-5H3/b24-10+. The second-order valence-electron chi connectivity index (χ2n) is 6.18. The molecule has 0 spiro atoms. The Morgan fingerprint density at radius 2 is 1.65 bits per heavy atom. The van der Waals surface area contributed by atoms with Crippen LogP contribution in [0.2, 0.25) is 0 Å². The maximum absolute atomic E-state index is 13.6. The zero-order valence-electron chi connectivity index (χ0n) is 15.2. The van der Waals surface area contributed by atoms with E-state index in [2.05, 4.69) is 4.99 Å². The van der Waals surface area contributed by atoms with Gasteiger partial charge in [0.15, 0.2) is 6.61 Å². The largest absolute Gasteiger partial charge is 0.487 e. The molecule has 148 valence electrons. The van der Waals surface area contributed by atoms with E-state index in [0.717, 1.165) is 6.54 Å². The van der Waals surface area contributed by atoms with Crippen LogP contribution in [0.4, 0.5) is 32.0 Å². The van der Waals surface area contributed by atoms with Crippen LogP contribution in [0.1, 0.15) is 25.0 Å². The molecule has 0 saturated carbocycles. The van der Waals surface area contributed by atoms with E-state index in [4.69, 9.17) is 4.74 Å². The molecule has 0 fully saturated rings. The maximum Gasteiger partial charge on any atom is 0.375 e. The summed E-state index contributed by atoms with van der Waals surface area (Å²) < 4.78 is 84.0. The molecule has 0 aliphatic rings. The number of ether oxygens (including phenoxy) is 1. The van der Waals surface area contributed by atoms with E-state index in [-0.39, 0.29) is 12.7 Å². The summed E-state index contributed by atoms with van der Waals surface area (Å²) in [4.78, 5) is 6.05. The number of benzene rings is 1. The molecule has 0 aliphatic carbocycles. The third-order valence-electron chi connectivity index (χ3n) is 3.81. The molecule has 0 aliphatic heterocycles. The lowest BCUT2D eigenvalue weighted by atomic mass is 10.1. The number of alkyl halides is 6. The van der Waals surface area contributed by atoms with Crippen LogP contribution in [0, 0.1) is 13.8 Å². The second-order valence-corrected chi connectivity index (χ2v) is 6.18. The van der Waals surface area contributed by atoms with Crippen LogP contribution < -0.4 is 4.74 Å². The molecule has 0 amide bonds. The van der Waals surface area contributed by atoms with Crippen LogP contribution in [0.3, 0.4) is 0 Å². The van der Waals surface area contributed by atoms with Gasteiger partial charge in [-0.3, -0.25) is 0 Å². The first kappa shape index (κ1) is 22.1. The first-order valence-electron chi connectivity index (χ1n) is 7.85. The number of halogens is 6. The SMILES string of the molecule is CCN(C)/C=N/c1cc(C)c(OCC(F)(F)C(F)(F)C(C)(F)F)cc1C. The molecule has 1 aromatic rings. The van der Waals surface area contributed by atoms with Crippen LogP contribution >= 0.6 is 0 Å². The van der Waals surface area contributed by atoms with E-state index in [0.29, 0.717) is 16.8 Å². The highest BCUT2D eigenvalue weighted by atomic mass is 19.3. The molecule has 0 N–H and O–H groups in total. The highest BCUT2D eigenvalue weighted by Gasteiger charge is 2.69. The molecular formula is C17H22F6N2O. The Bertz CT molecular complexity index is 655. The Morgan fingerprint density at radius 1 is 1.08 bits per heavy atom. The number of nitrogens with zero attached hydrogens (tertiary/aromatic N) is 2. The molecule has 9 heteroatoms. The van der Waals surface area contributed by atoms with Gasteiger partial charge in [0, 0.05) is 20.5 Å². The topological polar surface area (TPSA) is 24.8 Å². The fourth-order valence-electron chi connectivity index (χ4n) is 1.89. The molecule has 0 bridgehead atoms. The minimum Gasteiger partial charge on any atom is -0.487 e. The fraction of sp³-hybridized carbons (Fsp3) is 0.588. The van der Waals surface area contributed by atoms with Gasteiger partial charge in [-0.05, 0) is 44.0 Å². The van der Waals surface area contributed by atoms with Gasteiger partial charge in [0.2, 0.25) is 0 Å². The summed E-state index contributed by atoms with van der Waals surface area (Å²) in [6.07, 6.45) is 1.58. The maximum atomic E-state index is 13.6. The first-order valence-corrected chi connectivity index (χ1v) is 7.85. The van der Waals surface area contributed by atoms with Gasteiger partial charge >= 0.3 is 17.8 Å². The number of hydrogen-bond donors (Lipinski definition) is 0. The average Bonchev–Trinajstić information content (AvgIpc) is 2.52. The van der Waals surface area contributed by atoms with Crippen LogP contribution in [0.15, 0.2) is 17.1 Å². The first-order chi connectivity index (χ1) is 11.7. The van der Waals surface area contributed by atoms with E-state index in [1.54, 1.807) is 13.3 Å². The van der Waals surface area contributed by atoms with Gasteiger partial charge in [-0.15, -0.1) is 0 Å². The molecule has 26 heavy (non-hydrogen) atoms. The van der Waals surface area contributed by atoms with Crippen molar-refractivity contribution in [1.82, 2.24) is 4.90 Å². The number of rotatable bonds is 8. The lowest BCUT2D eigenvalue weighted by molar-refractivity contribution is -0.308. The predicted octanol–water partition coefficient (Wildman–Crippen LogP) is 5.22. The molecule has 0 unspecified atom stereocenters. The number of aryl methyl sites for hydroxylation is 2. The average molecular weight is 384 g/mol. The van der Waals surface area contributed by atoms with Crippen molar-refractivity contribution in [2.45, 2.75) is 45.5 Å². The zero-order chi connectivity index (χ0) is 20.3. The molecular weight excluding hydrogens is 362 g/mol. The van der Waals surface area contributed by atoms with Gasteiger partial charge in [0.25, 0.3) is 0 Å². The van der Waals surface area contributed by atoms with Gasteiger partial charge < -0.3 is 9.64 Å². The summed E-state index contributed by atoms with van der Waals surface area (Å²) in [5.74, 6) is -15.5. The summed E-state index contributed by atoms with van der Waals surface area (Å²) in [6.45, 7) is 3.69. The van der Waals surface area contributed by atoms with E-state index < -0.39 is 24.4 Å². The third-order valence-corrected chi connectivity index (χ3v) is 3.81. The summed E-state index contributed by atoms with van der Waals surface area (Å²) in [6, 6.07) is 2.89. The molecule has 0 atom stereocenters. The van der Waals surface area contributed by atoms with Crippen LogP contribution in [0.25, 0.3) is 0 Å². The van der Waals surface area contributed by atoms with E-state index in [1.165, 1.54) is 19.1 Å². The summed E-state index contributed by atoms with van der Waals surface area (Å²) >= 11 is 0. The molecule has 0 heterocycles. The van der Waals surface area contributed by atoms with E-state index in [9.17, 15) is 26.3 Å². The predicted molar refractivity (Wildman–Crippen MR) is 88.4 cm³/mol.